The summed E-state index contributed by atoms with van der Waals surface area (Å²) < 4.78 is 38.8. The summed E-state index contributed by atoms with van der Waals surface area (Å²) in [6.07, 6.45) is 1.42. The Morgan fingerprint density at radius 2 is 1.86 bits per heavy atom. The maximum atomic E-state index is 12.9. The molecule has 2 aliphatic rings. The van der Waals surface area contributed by atoms with Crippen LogP contribution >= 0.6 is 0 Å². The number of sulfonamides is 1. The van der Waals surface area contributed by atoms with Gasteiger partial charge < -0.3 is 14.8 Å². The van der Waals surface area contributed by atoms with Crippen LogP contribution in [0.3, 0.4) is 0 Å². The van der Waals surface area contributed by atoms with E-state index in [0.29, 0.717) is 42.3 Å². The van der Waals surface area contributed by atoms with Crippen molar-refractivity contribution in [2.45, 2.75) is 30.8 Å². The van der Waals surface area contributed by atoms with Crippen LogP contribution < -0.4 is 14.8 Å². The number of hydrogen-bond donors (Lipinski definition) is 1. The number of rotatable bonds is 5. The third-order valence-corrected chi connectivity index (χ3v) is 7.23. The minimum absolute atomic E-state index is 0.193. The van der Waals surface area contributed by atoms with E-state index in [0.717, 1.165) is 12.8 Å². The molecule has 4 rings (SSSR count). The zero-order valence-corrected chi connectivity index (χ0v) is 17.1. The first-order valence-electron chi connectivity index (χ1n) is 9.72. The second kappa shape index (κ2) is 8.04. The van der Waals surface area contributed by atoms with E-state index < -0.39 is 10.0 Å². The molecule has 1 N–H and O–H groups in total. The molecule has 29 heavy (non-hydrogen) atoms. The van der Waals surface area contributed by atoms with Crippen LogP contribution in [0.25, 0.3) is 0 Å². The van der Waals surface area contributed by atoms with E-state index in [1.165, 1.54) is 10.4 Å². The molecule has 0 aliphatic carbocycles. The van der Waals surface area contributed by atoms with Gasteiger partial charge in [0.25, 0.3) is 5.91 Å². The summed E-state index contributed by atoms with van der Waals surface area (Å²) >= 11 is 0. The van der Waals surface area contributed by atoms with Crippen LogP contribution in [0.15, 0.2) is 47.4 Å². The smallest absolute Gasteiger partial charge is 0.251 e. The predicted molar refractivity (Wildman–Crippen MR) is 108 cm³/mol. The summed E-state index contributed by atoms with van der Waals surface area (Å²) in [5.41, 5.74) is 0.944. The fourth-order valence-corrected chi connectivity index (χ4v) is 5.33. The molecule has 1 fully saturated rings. The molecule has 154 valence electrons. The average Bonchev–Trinajstić information content (AvgIpc) is 3.28. The summed E-state index contributed by atoms with van der Waals surface area (Å²) in [7, 11) is -3.59. The van der Waals surface area contributed by atoms with Crippen molar-refractivity contribution in [2.75, 3.05) is 26.2 Å². The molecule has 0 saturated carbocycles. The first kappa shape index (κ1) is 19.7. The topological polar surface area (TPSA) is 84.9 Å². The van der Waals surface area contributed by atoms with Crippen LogP contribution in [-0.2, 0) is 10.0 Å². The van der Waals surface area contributed by atoms with Gasteiger partial charge in [-0.25, -0.2) is 8.42 Å². The highest BCUT2D eigenvalue weighted by atomic mass is 32.2. The number of amides is 1. The first-order valence-corrected chi connectivity index (χ1v) is 11.2. The Kier molecular flexibility index (Phi) is 5.47. The molecule has 8 heteroatoms. The van der Waals surface area contributed by atoms with Gasteiger partial charge in [-0.1, -0.05) is 18.2 Å². The van der Waals surface area contributed by atoms with Gasteiger partial charge in [0.2, 0.25) is 10.0 Å². The molecule has 1 saturated heterocycles. The van der Waals surface area contributed by atoms with Crippen LogP contribution in [0.2, 0.25) is 0 Å². The maximum absolute atomic E-state index is 12.9. The van der Waals surface area contributed by atoms with E-state index in [-0.39, 0.29) is 23.5 Å². The molecular weight excluding hydrogens is 392 g/mol. The average molecular weight is 416 g/mol. The minimum atomic E-state index is -3.59. The molecule has 0 spiro atoms. The lowest BCUT2D eigenvalue weighted by atomic mass is 10.1. The van der Waals surface area contributed by atoms with Crippen LogP contribution in [0.4, 0.5) is 0 Å². The van der Waals surface area contributed by atoms with Crippen molar-refractivity contribution in [1.82, 2.24) is 9.62 Å². The molecule has 7 nitrogen and oxygen atoms in total. The van der Waals surface area contributed by atoms with Crippen molar-refractivity contribution in [3.8, 4) is 11.5 Å². The molecule has 2 aromatic carbocycles. The summed E-state index contributed by atoms with van der Waals surface area (Å²) in [4.78, 5) is 12.8. The lowest BCUT2D eigenvalue weighted by Gasteiger charge is -2.26. The number of carbonyl (C=O) groups is 1. The van der Waals surface area contributed by atoms with Crippen LogP contribution in [0, 0.1) is 6.92 Å². The third-order valence-electron chi connectivity index (χ3n) is 5.19. The monoisotopic (exact) mass is 416 g/mol. The lowest BCUT2D eigenvalue weighted by molar-refractivity contribution is 0.0789. The minimum Gasteiger partial charge on any atom is -0.486 e. The number of aryl methyl sites for hydroxylation is 1. The van der Waals surface area contributed by atoms with Gasteiger partial charge in [-0.2, -0.15) is 4.31 Å². The standard InChI is InChI=1S/C21H24N2O5S/c1-15-8-9-16(12-20(15)29(25,26)23-10-4-5-11-23)21(24)22-13-17-14-27-18-6-2-3-7-19(18)28-17/h2-3,6-9,12,17H,4-5,10-11,13-14H2,1H3,(H,22,24)/t17-/m0/s1. The van der Waals surface area contributed by atoms with Gasteiger partial charge in [0, 0.05) is 18.7 Å². The van der Waals surface area contributed by atoms with Gasteiger partial charge in [-0.05, 0) is 49.6 Å². The maximum Gasteiger partial charge on any atom is 0.251 e. The van der Waals surface area contributed by atoms with Crippen molar-refractivity contribution in [1.29, 1.82) is 0 Å². The van der Waals surface area contributed by atoms with E-state index in [4.69, 9.17) is 9.47 Å². The predicted octanol–water partition coefficient (Wildman–Crippen LogP) is 2.35. The van der Waals surface area contributed by atoms with Gasteiger partial charge in [0.1, 0.15) is 12.7 Å². The van der Waals surface area contributed by atoms with Crippen molar-refractivity contribution in [3.63, 3.8) is 0 Å². The molecule has 0 unspecified atom stereocenters. The van der Waals surface area contributed by atoms with E-state index in [9.17, 15) is 13.2 Å². The Hall–Kier alpha value is -2.58. The van der Waals surface area contributed by atoms with E-state index in [1.54, 1.807) is 19.1 Å². The second-order valence-corrected chi connectivity index (χ2v) is 9.21. The SMILES string of the molecule is Cc1ccc(C(=O)NC[C@H]2COc3ccccc3O2)cc1S(=O)(=O)N1CCCC1. The highest BCUT2D eigenvalue weighted by Gasteiger charge is 2.29. The number of fused-ring (bicyclic) bond motifs is 1. The quantitative estimate of drug-likeness (QED) is 0.809. The fourth-order valence-electron chi connectivity index (χ4n) is 3.56. The zero-order chi connectivity index (χ0) is 20.4. The number of nitrogens with zero attached hydrogens (tertiary/aromatic N) is 1. The van der Waals surface area contributed by atoms with Crippen molar-refractivity contribution < 1.29 is 22.7 Å². The largest absolute Gasteiger partial charge is 0.486 e. The Balaban J connectivity index is 1.44. The summed E-state index contributed by atoms with van der Waals surface area (Å²) in [6.45, 7) is 3.39. The van der Waals surface area contributed by atoms with Crippen LogP contribution in [-0.4, -0.2) is 51.0 Å². The molecule has 0 bridgehead atoms. The van der Waals surface area contributed by atoms with Gasteiger partial charge >= 0.3 is 0 Å². The van der Waals surface area contributed by atoms with E-state index >= 15 is 0 Å². The fraction of sp³-hybridized carbons (Fsp3) is 0.381. The number of benzene rings is 2. The number of ether oxygens (including phenoxy) is 2. The Morgan fingerprint density at radius 3 is 2.62 bits per heavy atom. The van der Waals surface area contributed by atoms with E-state index in [1.807, 2.05) is 24.3 Å². The number of nitrogens with one attached hydrogen (secondary N) is 1. The Morgan fingerprint density at radius 1 is 1.14 bits per heavy atom. The molecule has 2 aliphatic heterocycles. The molecule has 1 amide bonds. The Labute approximate surface area is 170 Å². The lowest BCUT2D eigenvalue weighted by Crippen LogP contribution is -2.40. The molecular formula is C21H24N2O5S. The molecule has 0 radical (unpaired) electrons. The normalized spacial score (nSPS) is 19.1. The third kappa shape index (κ3) is 4.09. The van der Waals surface area contributed by atoms with E-state index in [2.05, 4.69) is 5.32 Å². The van der Waals surface area contributed by atoms with Crippen molar-refractivity contribution in [2.24, 2.45) is 0 Å². The molecule has 0 aromatic heterocycles. The van der Waals surface area contributed by atoms with Crippen molar-refractivity contribution in [3.05, 3.63) is 53.6 Å². The number of hydrogen-bond acceptors (Lipinski definition) is 5. The number of carbonyl (C=O) groups excluding carboxylic acids is 1. The van der Waals surface area contributed by atoms with Gasteiger partial charge in [-0.3, -0.25) is 4.79 Å². The first-order chi connectivity index (χ1) is 13.9. The van der Waals surface area contributed by atoms with Gasteiger partial charge in [-0.15, -0.1) is 0 Å². The highest BCUT2D eigenvalue weighted by molar-refractivity contribution is 7.89. The molecule has 2 aromatic rings. The molecule has 1 atom stereocenters. The van der Waals surface area contributed by atoms with Crippen LogP contribution in [0.5, 0.6) is 11.5 Å². The van der Waals surface area contributed by atoms with Crippen LogP contribution in [0.1, 0.15) is 28.8 Å². The van der Waals surface area contributed by atoms with Gasteiger partial charge in [0.05, 0.1) is 11.4 Å². The second-order valence-electron chi connectivity index (χ2n) is 7.30. The zero-order valence-electron chi connectivity index (χ0n) is 16.3. The highest BCUT2D eigenvalue weighted by Crippen LogP contribution is 2.30. The molecule has 2 heterocycles. The Bertz CT molecular complexity index is 1020. The summed E-state index contributed by atoms with van der Waals surface area (Å²) in [5.74, 6) is 0.989. The summed E-state index contributed by atoms with van der Waals surface area (Å²) in [6, 6.07) is 12.2. The van der Waals surface area contributed by atoms with Crippen molar-refractivity contribution >= 4 is 15.9 Å². The van der Waals surface area contributed by atoms with Gasteiger partial charge in [0.15, 0.2) is 11.5 Å². The summed E-state index contributed by atoms with van der Waals surface area (Å²) in [5, 5.41) is 2.81. The number of para-hydroxylation sites is 2.